The van der Waals surface area contributed by atoms with E-state index in [1.807, 2.05) is 54.6 Å². The number of benzene rings is 2. The minimum Gasteiger partial charge on any atom is -0.363 e. The summed E-state index contributed by atoms with van der Waals surface area (Å²) < 4.78 is 5.69. The van der Waals surface area contributed by atoms with Gasteiger partial charge >= 0.3 is 0 Å². The van der Waals surface area contributed by atoms with Crippen LogP contribution in [0, 0.1) is 0 Å². The van der Waals surface area contributed by atoms with Crippen LogP contribution in [0.4, 0.5) is 17.3 Å². The lowest BCUT2D eigenvalue weighted by Crippen LogP contribution is -2.07. The Morgan fingerprint density at radius 1 is 0.880 bits per heavy atom. The topological polar surface area (TPSA) is 88.8 Å². The average molecular weight is 397 g/mol. The van der Waals surface area contributed by atoms with Crippen LogP contribution in [0.5, 0.6) is 0 Å². The molecule has 0 saturated carbocycles. The molecule has 2 aromatic carbocycles. The zero-order chi connectivity index (χ0) is 17.1. The van der Waals surface area contributed by atoms with Gasteiger partial charge < -0.3 is 10.6 Å². The molecule has 0 aliphatic carbocycles. The fourth-order valence-electron chi connectivity index (χ4n) is 2.33. The van der Waals surface area contributed by atoms with Gasteiger partial charge in [-0.1, -0.05) is 52.3 Å². The van der Waals surface area contributed by atoms with Gasteiger partial charge in [0.15, 0.2) is 11.6 Å². The fraction of sp³-hybridized carbons (Fsp3) is 0.0588. The first-order valence-corrected chi connectivity index (χ1v) is 8.38. The Hall–Kier alpha value is -3.00. The molecular weight excluding hydrogens is 384 g/mol. The van der Waals surface area contributed by atoms with Crippen molar-refractivity contribution < 1.29 is 4.63 Å². The van der Waals surface area contributed by atoms with Gasteiger partial charge in [-0.25, -0.2) is 14.6 Å². The summed E-state index contributed by atoms with van der Waals surface area (Å²) in [6.07, 6.45) is 0. The van der Waals surface area contributed by atoms with E-state index in [0.29, 0.717) is 29.5 Å². The van der Waals surface area contributed by atoms with Gasteiger partial charge in [-0.2, -0.15) is 0 Å². The minimum absolute atomic E-state index is 0.350. The maximum Gasteiger partial charge on any atom is 0.245 e. The van der Waals surface area contributed by atoms with E-state index < -0.39 is 0 Å². The van der Waals surface area contributed by atoms with Crippen LogP contribution in [0.3, 0.4) is 0 Å². The summed E-state index contributed by atoms with van der Waals surface area (Å²) in [5.74, 6) is 1.13. The smallest absolute Gasteiger partial charge is 0.245 e. The molecule has 0 bridgehead atoms. The highest BCUT2D eigenvalue weighted by Gasteiger charge is 2.13. The molecule has 0 fully saturated rings. The second kappa shape index (κ2) is 6.86. The first-order chi connectivity index (χ1) is 12.3. The van der Waals surface area contributed by atoms with E-state index in [9.17, 15) is 0 Å². The first-order valence-electron chi connectivity index (χ1n) is 7.58. The highest BCUT2D eigenvalue weighted by atomic mass is 79.9. The van der Waals surface area contributed by atoms with Gasteiger partial charge in [0.2, 0.25) is 11.3 Å². The normalized spacial score (nSPS) is 10.8. The quantitative estimate of drug-likeness (QED) is 0.523. The standard InChI is InChI=1S/C17H13BrN6O/c18-12-7-4-8-13(9-12)20-15-14(19-10-11-5-2-1-3-6-11)21-16-17(22-15)24-25-23-16/h1-9H,10H2,(H,19,21,23)(H,20,22,24). The third-order valence-corrected chi connectivity index (χ3v) is 4.00. The molecule has 8 heteroatoms. The summed E-state index contributed by atoms with van der Waals surface area (Å²) in [5, 5.41) is 14.1. The van der Waals surface area contributed by atoms with Gasteiger partial charge in [0, 0.05) is 16.7 Å². The van der Waals surface area contributed by atoms with Crippen LogP contribution in [0.25, 0.3) is 11.3 Å². The van der Waals surface area contributed by atoms with Gasteiger partial charge in [-0.15, -0.1) is 0 Å². The van der Waals surface area contributed by atoms with Gasteiger partial charge in [0.1, 0.15) is 0 Å². The van der Waals surface area contributed by atoms with Crippen LogP contribution in [0.2, 0.25) is 0 Å². The average Bonchev–Trinajstić information content (AvgIpc) is 3.08. The van der Waals surface area contributed by atoms with Crippen molar-refractivity contribution >= 4 is 44.5 Å². The maximum atomic E-state index is 4.72. The van der Waals surface area contributed by atoms with Gasteiger partial charge in [0.05, 0.1) is 0 Å². The highest BCUT2D eigenvalue weighted by Crippen LogP contribution is 2.25. The summed E-state index contributed by atoms with van der Waals surface area (Å²) in [5.41, 5.74) is 2.72. The Morgan fingerprint density at radius 3 is 2.40 bits per heavy atom. The Bertz CT molecular complexity index is 1000. The molecule has 0 saturated heterocycles. The lowest BCUT2D eigenvalue weighted by atomic mass is 10.2. The zero-order valence-corrected chi connectivity index (χ0v) is 14.6. The third-order valence-electron chi connectivity index (χ3n) is 3.50. The second-order valence-electron chi connectivity index (χ2n) is 5.31. The van der Waals surface area contributed by atoms with Crippen molar-refractivity contribution in [3.8, 4) is 0 Å². The number of hydrogen-bond donors (Lipinski definition) is 2. The summed E-state index contributed by atoms with van der Waals surface area (Å²) >= 11 is 3.46. The molecule has 25 heavy (non-hydrogen) atoms. The van der Waals surface area contributed by atoms with E-state index in [-0.39, 0.29) is 0 Å². The Morgan fingerprint density at radius 2 is 1.64 bits per heavy atom. The summed E-state index contributed by atoms with van der Waals surface area (Å²) in [6.45, 7) is 0.611. The minimum atomic E-state index is 0.350. The largest absolute Gasteiger partial charge is 0.363 e. The molecule has 4 rings (SSSR count). The number of fused-ring (bicyclic) bond motifs is 1. The van der Waals surface area contributed by atoms with Crippen LogP contribution in [0.15, 0.2) is 63.7 Å². The number of nitrogens with one attached hydrogen (secondary N) is 2. The van der Waals surface area contributed by atoms with Crippen LogP contribution >= 0.6 is 15.9 Å². The third kappa shape index (κ3) is 3.58. The van der Waals surface area contributed by atoms with E-state index >= 15 is 0 Å². The van der Waals surface area contributed by atoms with Gasteiger partial charge in [-0.3, -0.25) is 0 Å². The number of aromatic nitrogens is 4. The SMILES string of the molecule is Brc1cccc(Nc2nc3nonc3nc2NCc2ccccc2)c1. The molecule has 2 heterocycles. The van der Waals surface area contributed by atoms with Gasteiger partial charge in [0.25, 0.3) is 0 Å². The molecule has 124 valence electrons. The Labute approximate surface area is 151 Å². The fourth-order valence-corrected chi connectivity index (χ4v) is 2.73. The molecule has 7 nitrogen and oxygen atoms in total. The first kappa shape index (κ1) is 15.5. The van der Waals surface area contributed by atoms with Crippen LogP contribution in [0.1, 0.15) is 5.56 Å². The van der Waals surface area contributed by atoms with Crippen molar-refractivity contribution in [2.24, 2.45) is 0 Å². The van der Waals surface area contributed by atoms with Crippen molar-refractivity contribution in [3.63, 3.8) is 0 Å². The van der Waals surface area contributed by atoms with Crippen molar-refractivity contribution in [2.75, 3.05) is 10.6 Å². The van der Waals surface area contributed by atoms with Crippen LogP contribution in [-0.2, 0) is 6.54 Å². The van der Waals surface area contributed by atoms with E-state index in [1.54, 1.807) is 0 Å². The van der Waals surface area contributed by atoms with E-state index in [1.165, 1.54) is 0 Å². The maximum absolute atomic E-state index is 4.72. The zero-order valence-electron chi connectivity index (χ0n) is 13.0. The molecule has 4 aromatic rings. The van der Waals surface area contributed by atoms with Crippen LogP contribution < -0.4 is 10.6 Å². The number of anilines is 3. The second-order valence-corrected chi connectivity index (χ2v) is 6.22. The van der Waals surface area contributed by atoms with Crippen molar-refractivity contribution in [1.82, 2.24) is 20.3 Å². The number of rotatable bonds is 5. The van der Waals surface area contributed by atoms with Crippen molar-refractivity contribution in [1.29, 1.82) is 0 Å². The van der Waals surface area contributed by atoms with Gasteiger partial charge in [-0.05, 0) is 34.1 Å². The molecule has 0 spiro atoms. The summed E-state index contributed by atoms with van der Waals surface area (Å²) in [6, 6.07) is 17.8. The number of halogens is 1. The molecule has 0 atom stereocenters. The van der Waals surface area contributed by atoms with Crippen molar-refractivity contribution in [2.45, 2.75) is 6.54 Å². The summed E-state index contributed by atoms with van der Waals surface area (Å²) in [4.78, 5) is 8.91. The van der Waals surface area contributed by atoms with E-state index in [0.717, 1.165) is 15.7 Å². The molecule has 2 aromatic heterocycles. The predicted molar refractivity (Wildman–Crippen MR) is 98.6 cm³/mol. The monoisotopic (exact) mass is 396 g/mol. The number of hydrogen-bond acceptors (Lipinski definition) is 7. The molecule has 2 N–H and O–H groups in total. The predicted octanol–water partition coefficient (Wildman–Crippen LogP) is 4.13. The van der Waals surface area contributed by atoms with E-state index in [2.05, 4.69) is 46.8 Å². The molecule has 0 amide bonds. The van der Waals surface area contributed by atoms with Crippen LogP contribution in [-0.4, -0.2) is 20.3 Å². The van der Waals surface area contributed by atoms with E-state index in [4.69, 9.17) is 4.63 Å². The Kier molecular flexibility index (Phi) is 4.26. The molecule has 0 radical (unpaired) electrons. The Balaban J connectivity index is 1.66. The molecule has 0 aliphatic heterocycles. The number of nitrogens with zero attached hydrogens (tertiary/aromatic N) is 4. The molecule has 0 aliphatic rings. The molecule has 0 unspecified atom stereocenters. The molecular formula is C17H13BrN6O. The van der Waals surface area contributed by atoms with Crippen molar-refractivity contribution in [3.05, 3.63) is 64.6 Å². The lowest BCUT2D eigenvalue weighted by molar-refractivity contribution is 0.314. The highest BCUT2D eigenvalue weighted by molar-refractivity contribution is 9.10. The summed E-state index contributed by atoms with van der Waals surface area (Å²) in [7, 11) is 0. The lowest BCUT2D eigenvalue weighted by Gasteiger charge is -2.12.